The Morgan fingerprint density at radius 2 is 1.93 bits per heavy atom. The van der Waals surface area contributed by atoms with Crippen molar-refractivity contribution in [3.05, 3.63) is 65.1 Å². The average Bonchev–Trinajstić information content (AvgIpc) is 3.12. The molecule has 1 aliphatic rings. The van der Waals surface area contributed by atoms with Crippen molar-refractivity contribution in [2.24, 2.45) is 0 Å². The predicted molar refractivity (Wildman–Crippen MR) is 101 cm³/mol. The zero-order valence-electron chi connectivity index (χ0n) is 15.5. The van der Waals surface area contributed by atoms with Crippen LogP contribution in [-0.4, -0.2) is 31.5 Å². The molecular formula is C20H19FN2O4S. The van der Waals surface area contributed by atoms with Gasteiger partial charge in [-0.15, -0.1) is 0 Å². The minimum atomic E-state index is -3.75. The third-order valence-corrected chi connectivity index (χ3v) is 6.72. The van der Waals surface area contributed by atoms with Crippen molar-refractivity contribution >= 4 is 10.0 Å². The number of ether oxygens (including phenoxy) is 1. The number of sulfonamides is 1. The monoisotopic (exact) mass is 402 g/mol. The molecule has 1 aliphatic heterocycles. The summed E-state index contributed by atoms with van der Waals surface area (Å²) in [5.74, 6) is 0.533. The molecule has 0 bridgehead atoms. The maximum absolute atomic E-state index is 13.2. The maximum Gasteiger partial charge on any atom is 0.247 e. The minimum absolute atomic E-state index is 0.111. The summed E-state index contributed by atoms with van der Waals surface area (Å²) in [6.45, 7) is 2.24. The number of rotatable bonds is 4. The summed E-state index contributed by atoms with van der Waals surface area (Å²) in [6, 6.07) is 11.0. The van der Waals surface area contributed by atoms with Crippen LogP contribution in [0.25, 0.3) is 11.3 Å². The Labute approximate surface area is 162 Å². The SMILES string of the molecule is COc1ccc(C)cc1S(=O)(=O)N1CCc2c(noc2-c2ccc(F)cc2)C1. The van der Waals surface area contributed by atoms with Crippen molar-refractivity contribution in [3.8, 4) is 17.1 Å². The Morgan fingerprint density at radius 3 is 2.64 bits per heavy atom. The Kier molecular flexibility index (Phi) is 4.68. The van der Waals surface area contributed by atoms with E-state index in [-0.39, 0.29) is 17.3 Å². The van der Waals surface area contributed by atoms with Crippen LogP contribution in [0, 0.1) is 12.7 Å². The van der Waals surface area contributed by atoms with Gasteiger partial charge in [-0.3, -0.25) is 0 Å². The first-order valence-corrected chi connectivity index (χ1v) is 10.2. The second-order valence-electron chi connectivity index (χ2n) is 6.69. The van der Waals surface area contributed by atoms with Crippen LogP contribution >= 0.6 is 0 Å². The molecule has 28 heavy (non-hydrogen) atoms. The van der Waals surface area contributed by atoms with Crippen LogP contribution in [0.5, 0.6) is 5.75 Å². The van der Waals surface area contributed by atoms with Gasteiger partial charge in [0.25, 0.3) is 0 Å². The van der Waals surface area contributed by atoms with E-state index < -0.39 is 10.0 Å². The van der Waals surface area contributed by atoms with Crippen molar-refractivity contribution in [1.82, 2.24) is 9.46 Å². The molecule has 0 saturated heterocycles. The second-order valence-corrected chi connectivity index (χ2v) is 8.59. The van der Waals surface area contributed by atoms with Crippen LogP contribution in [-0.2, 0) is 23.0 Å². The van der Waals surface area contributed by atoms with Crippen molar-refractivity contribution in [2.75, 3.05) is 13.7 Å². The largest absolute Gasteiger partial charge is 0.495 e. The van der Waals surface area contributed by atoms with E-state index in [1.807, 2.05) is 6.92 Å². The Hall–Kier alpha value is -2.71. The lowest BCUT2D eigenvalue weighted by molar-refractivity contribution is 0.364. The molecule has 0 atom stereocenters. The molecule has 1 aromatic heterocycles. The van der Waals surface area contributed by atoms with Gasteiger partial charge >= 0.3 is 0 Å². The van der Waals surface area contributed by atoms with Gasteiger partial charge in [0.1, 0.15) is 22.2 Å². The van der Waals surface area contributed by atoms with Crippen molar-refractivity contribution < 1.29 is 22.1 Å². The molecule has 0 aliphatic carbocycles. The van der Waals surface area contributed by atoms with E-state index in [0.717, 1.165) is 11.1 Å². The smallest absolute Gasteiger partial charge is 0.247 e. The van der Waals surface area contributed by atoms with Crippen LogP contribution in [0.3, 0.4) is 0 Å². The van der Waals surface area contributed by atoms with Crippen LogP contribution in [0.2, 0.25) is 0 Å². The average molecular weight is 402 g/mol. The van der Waals surface area contributed by atoms with Crippen LogP contribution in [0.15, 0.2) is 51.9 Å². The fraction of sp³-hybridized carbons (Fsp3) is 0.250. The molecule has 0 radical (unpaired) electrons. The van der Waals surface area contributed by atoms with Crippen molar-refractivity contribution in [2.45, 2.75) is 24.8 Å². The lowest BCUT2D eigenvalue weighted by atomic mass is 10.0. The van der Waals surface area contributed by atoms with E-state index in [1.54, 1.807) is 30.3 Å². The lowest BCUT2D eigenvalue weighted by Crippen LogP contribution is -2.36. The number of hydrogen-bond acceptors (Lipinski definition) is 5. The zero-order chi connectivity index (χ0) is 19.9. The van der Waals surface area contributed by atoms with Gasteiger partial charge in [0, 0.05) is 17.7 Å². The Bertz CT molecular complexity index is 1120. The molecule has 2 aromatic carbocycles. The van der Waals surface area contributed by atoms with Gasteiger partial charge in [0.15, 0.2) is 5.76 Å². The number of hydrogen-bond donors (Lipinski definition) is 0. The molecule has 0 N–H and O–H groups in total. The summed E-state index contributed by atoms with van der Waals surface area (Å²) < 4.78 is 51.6. The highest BCUT2D eigenvalue weighted by molar-refractivity contribution is 7.89. The fourth-order valence-corrected chi connectivity index (χ4v) is 5.01. The molecule has 4 rings (SSSR count). The van der Waals surface area contributed by atoms with E-state index in [1.165, 1.54) is 23.5 Å². The summed E-state index contributed by atoms with van der Waals surface area (Å²) in [7, 11) is -2.30. The van der Waals surface area contributed by atoms with Crippen molar-refractivity contribution in [1.29, 1.82) is 0 Å². The molecular weight excluding hydrogens is 383 g/mol. The number of halogens is 1. The molecule has 0 unspecified atom stereocenters. The van der Waals surface area contributed by atoms with E-state index >= 15 is 0 Å². The number of nitrogens with zero attached hydrogens (tertiary/aromatic N) is 2. The predicted octanol–water partition coefficient (Wildman–Crippen LogP) is 3.54. The molecule has 3 aromatic rings. The van der Waals surface area contributed by atoms with Crippen molar-refractivity contribution in [3.63, 3.8) is 0 Å². The topological polar surface area (TPSA) is 72.6 Å². The molecule has 146 valence electrons. The molecule has 0 amide bonds. The molecule has 8 heteroatoms. The molecule has 0 fully saturated rings. The highest BCUT2D eigenvalue weighted by Crippen LogP contribution is 2.34. The third-order valence-electron chi connectivity index (χ3n) is 4.85. The number of aromatic nitrogens is 1. The Morgan fingerprint density at radius 1 is 1.18 bits per heavy atom. The van der Waals surface area contributed by atoms with E-state index in [4.69, 9.17) is 9.26 Å². The number of aryl methyl sites for hydroxylation is 1. The van der Waals surface area contributed by atoms with Gasteiger partial charge in [0.05, 0.1) is 13.7 Å². The zero-order valence-corrected chi connectivity index (χ0v) is 16.3. The van der Waals surface area contributed by atoms with Gasteiger partial charge in [0.2, 0.25) is 10.0 Å². The third kappa shape index (κ3) is 3.18. The molecule has 2 heterocycles. The highest BCUT2D eigenvalue weighted by atomic mass is 32.2. The standard InChI is InChI=1S/C20H19FN2O4S/c1-13-3-8-18(26-2)19(11-13)28(24,25)23-10-9-16-17(12-23)22-27-20(16)14-4-6-15(21)7-5-14/h3-8,11H,9-10,12H2,1-2H3. The van der Waals surface area contributed by atoms with Gasteiger partial charge < -0.3 is 9.26 Å². The summed E-state index contributed by atoms with van der Waals surface area (Å²) in [4.78, 5) is 0.140. The Balaban J connectivity index is 1.66. The van der Waals surface area contributed by atoms with Gasteiger partial charge in [-0.05, 0) is 55.3 Å². The number of fused-ring (bicyclic) bond motifs is 1. The van der Waals surface area contributed by atoms with Crippen LogP contribution in [0.4, 0.5) is 4.39 Å². The first kappa shape index (κ1) is 18.6. The van der Waals surface area contributed by atoms with Gasteiger partial charge in [-0.1, -0.05) is 11.2 Å². The molecule has 0 spiro atoms. The second kappa shape index (κ2) is 7.03. The van der Waals surface area contributed by atoms with E-state index in [9.17, 15) is 12.8 Å². The van der Waals surface area contributed by atoms with E-state index in [0.29, 0.717) is 35.7 Å². The minimum Gasteiger partial charge on any atom is -0.495 e. The number of methoxy groups -OCH3 is 1. The highest BCUT2D eigenvalue weighted by Gasteiger charge is 2.34. The number of benzene rings is 2. The fourth-order valence-electron chi connectivity index (χ4n) is 3.36. The summed E-state index contributed by atoms with van der Waals surface area (Å²) >= 11 is 0. The van der Waals surface area contributed by atoms with Crippen LogP contribution in [0.1, 0.15) is 16.8 Å². The summed E-state index contributed by atoms with van der Waals surface area (Å²) in [6.07, 6.45) is 0.457. The first-order chi connectivity index (χ1) is 13.4. The van der Waals surface area contributed by atoms with E-state index in [2.05, 4.69) is 5.16 Å². The lowest BCUT2D eigenvalue weighted by Gasteiger charge is -2.26. The summed E-state index contributed by atoms with van der Waals surface area (Å²) in [5.41, 5.74) is 2.97. The quantitative estimate of drug-likeness (QED) is 0.667. The normalized spacial score (nSPS) is 14.7. The molecule has 0 saturated carbocycles. The summed E-state index contributed by atoms with van der Waals surface area (Å²) in [5, 5.41) is 4.07. The van der Waals surface area contributed by atoms with Gasteiger partial charge in [-0.25, -0.2) is 12.8 Å². The van der Waals surface area contributed by atoms with Crippen LogP contribution < -0.4 is 4.74 Å². The molecule has 6 nitrogen and oxygen atoms in total. The van der Waals surface area contributed by atoms with Gasteiger partial charge in [-0.2, -0.15) is 4.31 Å². The maximum atomic E-state index is 13.2. The first-order valence-electron chi connectivity index (χ1n) is 8.78.